The van der Waals surface area contributed by atoms with E-state index in [9.17, 15) is 0 Å². The molecule has 3 N–H and O–H groups in total. The first-order valence-corrected chi connectivity index (χ1v) is 5.39. The Balaban J connectivity index is 2.79. The molecule has 1 saturated heterocycles. The third-order valence-electron chi connectivity index (χ3n) is 3.93. The molecule has 1 aliphatic heterocycles. The second-order valence-electron chi connectivity index (χ2n) is 5.17. The zero-order chi connectivity index (χ0) is 10.8. The molecule has 0 spiro atoms. The molecular weight excluding hydrogens is 178 g/mol. The standard InChI is InChI=1S/C11H23NO2/c1-10(2,12)11(3,5-6-13)9-4-7-14-8-9/h9,13H,4-8,12H2,1-3H3. The molecule has 0 aromatic heterocycles. The smallest absolute Gasteiger partial charge is 0.0501 e. The maximum absolute atomic E-state index is 9.13. The molecule has 0 aliphatic carbocycles. The number of hydrogen-bond donors (Lipinski definition) is 2. The maximum atomic E-state index is 9.13. The highest BCUT2D eigenvalue weighted by Crippen LogP contribution is 2.43. The van der Waals surface area contributed by atoms with Crippen LogP contribution in [0.25, 0.3) is 0 Å². The lowest BCUT2D eigenvalue weighted by molar-refractivity contribution is 0.0424. The van der Waals surface area contributed by atoms with Crippen molar-refractivity contribution < 1.29 is 9.84 Å². The summed E-state index contributed by atoms with van der Waals surface area (Å²) < 4.78 is 5.41. The van der Waals surface area contributed by atoms with Crippen LogP contribution in [-0.4, -0.2) is 30.5 Å². The average Bonchev–Trinajstić information content (AvgIpc) is 2.54. The molecular formula is C11H23NO2. The first-order valence-electron chi connectivity index (χ1n) is 5.39. The van der Waals surface area contributed by atoms with Crippen LogP contribution in [0.2, 0.25) is 0 Å². The summed E-state index contributed by atoms with van der Waals surface area (Å²) in [4.78, 5) is 0. The number of rotatable bonds is 4. The van der Waals surface area contributed by atoms with Crippen molar-refractivity contribution in [2.45, 2.75) is 39.2 Å². The molecule has 1 aliphatic rings. The van der Waals surface area contributed by atoms with Crippen molar-refractivity contribution in [3.63, 3.8) is 0 Å². The number of nitrogens with two attached hydrogens (primary N) is 1. The van der Waals surface area contributed by atoms with E-state index in [4.69, 9.17) is 15.6 Å². The first kappa shape index (κ1) is 12.0. The summed E-state index contributed by atoms with van der Waals surface area (Å²) in [5, 5.41) is 9.13. The minimum absolute atomic E-state index is 0.0295. The number of hydrogen-bond acceptors (Lipinski definition) is 3. The fraction of sp³-hybridized carbons (Fsp3) is 1.00. The third kappa shape index (κ3) is 2.10. The SMILES string of the molecule is CC(C)(N)C(C)(CCO)C1CCOC1. The van der Waals surface area contributed by atoms with Crippen LogP contribution in [0.5, 0.6) is 0 Å². The van der Waals surface area contributed by atoms with E-state index in [1.165, 1.54) is 0 Å². The van der Waals surface area contributed by atoms with Crippen molar-refractivity contribution in [2.24, 2.45) is 17.1 Å². The molecule has 0 radical (unpaired) electrons. The Hall–Kier alpha value is -0.120. The Morgan fingerprint density at radius 3 is 2.43 bits per heavy atom. The van der Waals surface area contributed by atoms with Gasteiger partial charge in [-0.25, -0.2) is 0 Å². The Kier molecular flexibility index (Phi) is 3.56. The molecule has 1 fully saturated rings. The van der Waals surface area contributed by atoms with Crippen LogP contribution in [-0.2, 0) is 4.74 Å². The van der Waals surface area contributed by atoms with Crippen LogP contribution in [0.1, 0.15) is 33.6 Å². The summed E-state index contributed by atoms with van der Waals surface area (Å²) in [5.74, 6) is 0.481. The van der Waals surface area contributed by atoms with Gasteiger partial charge in [-0.2, -0.15) is 0 Å². The van der Waals surface area contributed by atoms with Gasteiger partial charge in [0.15, 0.2) is 0 Å². The molecule has 0 aromatic rings. The number of aliphatic hydroxyl groups is 1. The molecule has 84 valence electrons. The molecule has 14 heavy (non-hydrogen) atoms. The van der Waals surface area contributed by atoms with Crippen molar-refractivity contribution in [1.29, 1.82) is 0 Å². The van der Waals surface area contributed by atoms with Gasteiger partial charge in [-0.05, 0) is 38.0 Å². The molecule has 1 heterocycles. The molecule has 0 bridgehead atoms. The van der Waals surface area contributed by atoms with E-state index in [1.807, 2.05) is 13.8 Å². The fourth-order valence-electron chi connectivity index (χ4n) is 2.32. The Labute approximate surface area is 86.6 Å². The fourth-order valence-corrected chi connectivity index (χ4v) is 2.32. The molecule has 2 atom stereocenters. The Morgan fingerprint density at radius 1 is 1.43 bits per heavy atom. The summed E-state index contributed by atoms with van der Waals surface area (Å²) in [7, 11) is 0. The lowest BCUT2D eigenvalue weighted by Gasteiger charge is -2.45. The predicted molar refractivity (Wildman–Crippen MR) is 57.0 cm³/mol. The second kappa shape index (κ2) is 4.17. The maximum Gasteiger partial charge on any atom is 0.0501 e. The van der Waals surface area contributed by atoms with E-state index in [1.54, 1.807) is 0 Å². The molecule has 0 amide bonds. The van der Waals surface area contributed by atoms with Crippen LogP contribution in [0, 0.1) is 11.3 Å². The van der Waals surface area contributed by atoms with Gasteiger partial charge < -0.3 is 15.6 Å². The van der Waals surface area contributed by atoms with Crippen molar-refractivity contribution in [2.75, 3.05) is 19.8 Å². The third-order valence-corrected chi connectivity index (χ3v) is 3.93. The molecule has 0 saturated carbocycles. The largest absolute Gasteiger partial charge is 0.396 e. The van der Waals surface area contributed by atoms with Gasteiger partial charge in [0, 0.05) is 18.8 Å². The monoisotopic (exact) mass is 201 g/mol. The van der Waals surface area contributed by atoms with Gasteiger partial charge in [0.25, 0.3) is 0 Å². The zero-order valence-corrected chi connectivity index (χ0v) is 9.55. The summed E-state index contributed by atoms with van der Waals surface area (Å²) in [6, 6.07) is 0. The van der Waals surface area contributed by atoms with Crippen molar-refractivity contribution in [3.05, 3.63) is 0 Å². The summed E-state index contributed by atoms with van der Waals surface area (Å²) in [6.07, 6.45) is 1.82. The van der Waals surface area contributed by atoms with Crippen molar-refractivity contribution in [3.8, 4) is 0 Å². The van der Waals surface area contributed by atoms with Crippen LogP contribution in [0.4, 0.5) is 0 Å². The van der Waals surface area contributed by atoms with Crippen LogP contribution in [0.15, 0.2) is 0 Å². The summed E-state index contributed by atoms with van der Waals surface area (Å²) in [6.45, 7) is 8.08. The Morgan fingerprint density at radius 2 is 2.07 bits per heavy atom. The van der Waals surface area contributed by atoms with Gasteiger partial charge >= 0.3 is 0 Å². The van der Waals surface area contributed by atoms with E-state index in [-0.39, 0.29) is 17.6 Å². The average molecular weight is 201 g/mol. The zero-order valence-electron chi connectivity index (χ0n) is 9.55. The second-order valence-corrected chi connectivity index (χ2v) is 5.17. The van der Waals surface area contributed by atoms with E-state index >= 15 is 0 Å². The van der Waals surface area contributed by atoms with Gasteiger partial charge in [0.2, 0.25) is 0 Å². The minimum Gasteiger partial charge on any atom is -0.396 e. The summed E-state index contributed by atoms with van der Waals surface area (Å²) >= 11 is 0. The van der Waals surface area contributed by atoms with Crippen LogP contribution in [0.3, 0.4) is 0 Å². The molecule has 2 unspecified atom stereocenters. The van der Waals surface area contributed by atoms with Gasteiger partial charge in [0.1, 0.15) is 0 Å². The van der Waals surface area contributed by atoms with Crippen molar-refractivity contribution in [1.82, 2.24) is 0 Å². The lowest BCUT2D eigenvalue weighted by atomic mass is 9.63. The number of ether oxygens (including phenoxy) is 1. The lowest BCUT2D eigenvalue weighted by Crippen LogP contribution is -2.53. The van der Waals surface area contributed by atoms with E-state index < -0.39 is 0 Å². The number of aliphatic hydroxyl groups excluding tert-OH is 1. The van der Waals surface area contributed by atoms with Crippen LogP contribution < -0.4 is 5.73 Å². The Bertz CT molecular complexity index is 182. The quantitative estimate of drug-likeness (QED) is 0.717. The van der Waals surface area contributed by atoms with Crippen LogP contribution >= 0.6 is 0 Å². The molecule has 0 aromatic carbocycles. The highest BCUT2D eigenvalue weighted by molar-refractivity contribution is 4.98. The van der Waals surface area contributed by atoms with E-state index in [2.05, 4.69) is 6.92 Å². The molecule has 3 nitrogen and oxygen atoms in total. The van der Waals surface area contributed by atoms with Gasteiger partial charge in [-0.15, -0.1) is 0 Å². The topological polar surface area (TPSA) is 55.5 Å². The van der Waals surface area contributed by atoms with E-state index in [0.29, 0.717) is 5.92 Å². The van der Waals surface area contributed by atoms with Gasteiger partial charge in [-0.1, -0.05) is 6.92 Å². The summed E-state index contributed by atoms with van der Waals surface area (Å²) in [5.41, 5.74) is 5.91. The highest BCUT2D eigenvalue weighted by atomic mass is 16.5. The molecule has 3 heteroatoms. The molecule has 1 rings (SSSR count). The normalized spacial score (nSPS) is 27.6. The van der Waals surface area contributed by atoms with E-state index in [0.717, 1.165) is 26.1 Å². The first-order chi connectivity index (χ1) is 6.42. The van der Waals surface area contributed by atoms with Crippen molar-refractivity contribution >= 4 is 0 Å². The highest BCUT2D eigenvalue weighted by Gasteiger charge is 2.45. The van der Waals surface area contributed by atoms with Gasteiger partial charge in [0.05, 0.1) is 6.61 Å². The minimum atomic E-state index is -0.270. The predicted octanol–water partition coefficient (Wildman–Crippen LogP) is 1.15. The van der Waals surface area contributed by atoms with Gasteiger partial charge in [-0.3, -0.25) is 0 Å².